The molecule has 1 saturated heterocycles. The number of rotatable bonds is 8. The second-order valence-electron chi connectivity index (χ2n) is 5.05. The van der Waals surface area contributed by atoms with Crippen molar-refractivity contribution >= 4 is 17.7 Å². The maximum atomic E-state index is 11.6. The fourth-order valence-electron chi connectivity index (χ4n) is 2.15. The van der Waals surface area contributed by atoms with E-state index in [-0.39, 0.29) is 18.4 Å². The van der Waals surface area contributed by atoms with Gasteiger partial charge in [-0.25, -0.2) is 0 Å². The van der Waals surface area contributed by atoms with Gasteiger partial charge in [-0.2, -0.15) is 0 Å². The summed E-state index contributed by atoms with van der Waals surface area (Å²) in [6.07, 6.45) is 5.41. The Morgan fingerprint density at radius 2 is 2.35 bits per heavy atom. The molecule has 0 aromatic rings. The molecule has 0 bridgehead atoms. The van der Waals surface area contributed by atoms with E-state index in [1.807, 2.05) is 18.7 Å². The molecule has 2 atom stereocenters. The lowest BCUT2D eigenvalue weighted by atomic mass is 10.2. The van der Waals surface area contributed by atoms with Crippen LogP contribution in [0, 0.1) is 0 Å². The topological polar surface area (TPSA) is 48.0 Å². The summed E-state index contributed by atoms with van der Waals surface area (Å²) in [7, 11) is 0. The Kier molecular flexibility index (Phi) is 6.69. The van der Waals surface area contributed by atoms with E-state index in [1.54, 1.807) is 0 Å². The normalized spacial score (nSPS) is 25.4. The Labute approximate surface area is 124 Å². The van der Waals surface area contributed by atoms with Crippen LogP contribution in [-0.4, -0.2) is 48.9 Å². The number of thioether (sulfide) groups is 1. The fourth-order valence-corrected chi connectivity index (χ4v) is 2.90. The number of carbonyl (C=O) groups is 1. The number of esters is 1. The van der Waals surface area contributed by atoms with Gasteiger partial charge in [0.2, 0.25) is 0 Å². The van der Waals surface area contributed by atoms with Gasteiger partial charge in [-0.05, 0) is 25.2 Å². The van der Waals surface area contributed by atoms with E-state index in [2.05, 4.69) is 16.5 Å². The Hall–Kier alpha value is -0.720. The highest BCUT2D eigenvalue weighted by molar-refractivity contribution is 8.02. The standard InChI is InChI=1S/C14H23NO4S/c1-12-17-9-13(19-12)10-18-14(16)5-3-2-4-6-15-7-8-20-11-15/h7-8,12-13H,2-6,9-11H2,1H3. The van der Waals surface area contributed by atoms with Crippen LogP contribution < -0.4 is 0 Å². The van der Waals surface area contributed by atoms with Gasteiger partial charge >= 0.3 is 5.97 Å². The zero-order valence-electron chi connectivity index (χ0n) is 12.0. The Balaban J connectivity index is 1.42. The largest absolute Gasteiger partial charge is 0.463 e. The minimum Gasteiger partial charge on any atom is -0.463 e. The Bertz CT molecular complexity index is 337. The molecule has 2 rings (SSSR count). The van der Waals surface area contributed by atoms with Crippen LogP contribution >= 0.6 is 11.8 Å². The Morgan fingerprint density at radius 3 is 3.05 bits per heavy atom. The lowest BCUT2D eigenvalue weighted by molar-refractivity contribution is -0.147. The van der Waals surface area contributed by atoms with Gasteiger partial charge in [-0.1, -0.05) is 6.42 Å². The molecular weight excluding hydrogens is 278 g/mol. The molecule has 20 heavy (non-hydrogen) atoms. The van der Waals surface area contributed by atoms with Crippen molar-refractivity contribution in [1.82, 2.24) is 4.90 Å². The lowest BCUT2D eigenvalue weighted by Crippen LogP contribution is -2.21. The van der Waals surface area contributed by atoms with Crippen LogP contribution in [0.2, 0.25) is 0 Å². The van der Waals surface area contributed by atoms with Crippen molar-refractivity contribution in [2.45, 2.75) is 45.0 Å². The van der Waals surface area contributed by atoms with Gasteiger partial charge in [-0.3, -0.25) is 4.79 Å². The average Bonchev–Trinajstić information content (AvgIpc) is 3.07. The summed E-state index contributed by atoms with van der Waals surface area (Å²) in [4.78, 5) is 13.9. The zero-order chi connectivity index (χ0) is 14.2. The van der Waals surface area contributed by atoms with E-state index in [4.69, 9.17) is 14.2 Å². The van der Waals surface area contributed by atoms with E-state index in [9.17, 15) is 4.79 Å². The predicted molar refractivity (Wildman–Crippen MR) is 78.0 cm³/mol. The van der Waals surface area contributed by atoms with Crippen molar-refractivity contribution in [3.05, 3.63) is 11.6 Å². The van der Waals surface area contributed by atoms with E-state index < -0.39 is 0 Å². The van der Waals surface area contributed by atoms with Gasteiger partial charge in [0.1, 0.15) is 12.7 Å². The molecule has 0 amide bonds. The summed E-state index contributed by atoms with van der Waals surface area (Å²) in [5.41, 5.74) is 0. The molecule has 114 valence electrons. The van der Waals surface area contributed by atoms with Gasteiger partial charge in [0.25, 0.3) is 0 Å². The molecule has 0 aromatic carbocycles. The number of unbranched alkanes of at least 4 members (excludes halogenated alkanes) is 2. The number of hydrogen-bond acceptors (Lipinski definition) is 6. The number of carbonyl (C=O) groups excluding carboxylic acids is 1. The minimum atomic E-state index is -0.184. The third kappa shape index (κ3) is 5.73. The first kappa shape index (κ1) is 15.7. The van der Waals surface area contributed by atoms with Crippen LogP contribution in [0.25, 0.3) is 0 Å². The van der Waals surface area contributed by atoms with Crippen molar-refractivity contribution in [3.63, 3.8) is 0 Å². The molecule has 2 aliphatic rings. The average molecular weight is 301 g/mol. The van der Waals surface area contributed by atoms with Crippen molar-refractivity contribution in [3.8, 4) is 0 Å². The molecule has 5 nitrogen and oxygen atoms in total. The van der Waals surface area contributed by atoms with E-state index in [0.717, 1.165) is 31.7 Å². The summed E-state index contributed by atoms with van der Waals surface area (Å²) in [5.74, 6) is 0.925. The summed E-state index contributed by atoms with van der Waals surface area (Å²) in [6.45, 7) is 3.73. The maximum Gasteiger partial charge on any atom is 0.305 e. The zero-order valence-corrected chi connectivity index (χ0v) is 12.8. The van der Waals surface area contributed by atoms with Crippen molar-refractivity contribution in [2.75, 3.05) is 25.6 Å². The van der Waals surface area contributed by atoms with Gasteiger partial charge in [0, 0.05) is 19.2 Å². The third-order valence-electron chi connectivity index (χ3n) is 3.27. The molecule has 0 N–H and O–H groups in total. The maximum absolute atomic E-state index is 11.6. The molecule has 0 radical (unpaired) electrons. The molecular formula is C14H23NO4S. The quantitative estimate of drug-likeness (QED) is 0.506. The van der Waals surface area contributed by atoms with Gasteiger partial charge in [0.15, 0.2) is 6.29 Å². The van der Waals surface area contributed by atoms with Gasteiger partial charge in [-0.15, -0.1) is 11.8 Å². The molecule has 2 unspecified atom stereocenters. The SMILES string of the molecule is CC1OCC(COC(=O)CCCCCN2C=CSC2)O1. The van der Waals surface area contributed by atoms with E-state index >= 15 is 0 Å². The van der Waals surface area contributed by atoms with Crippen LogP contribution in [0.3, 0.4) is 0 Å². The second kappa shape index (κ2) is 8.54. The first-order valence-electron chi connectivity index (χ1n) is 7.19. The highest BCUT2D eigenvalue weighted by Gasteiger charge is 2.23. The predicted octanol–water partition coefficient (Wildman–Crippen LogP) is 2.33. The first-order chi connectivity index (χ1) is 9.74. The van der Waals surface area contributed by atoms with Gasteiger partial charge in [0.05, 0.1) is 12.5 Å². The van der Waals surface area contributed by atoms with Crippen LogP contribution in [0.5, 0.6) is 0 Å². The second-order valence-corrected chi connectivity index (χ2v) is 5.91. The number of hydrogen-bond donors (Lipinski definition) is 0. The molecule has 2 aliphatic heterocycles. The van der Waals surface area contributed by atoms with Crippen molar-refractivity contribution in [2.24, 2.45) is 0 Å². The van der Waals surface area contributed by atoms with E-state index in [0.29, 0.717) is 19.6 Å². The highest BCUT2D eigenvalue weighted by Crippen LogP contribution is 2.16. The lowest BCUT2D eigenvalue weighted by Gasteiger charge is -2.13. The molecule has 1 fully saturated rings. The van der Waals surface area contributed by atoms with Crippen LogP contribution in [-0.2, 0) is 19.0 Å². The highest BCUT2D eigenvalue weighted by atomic mass is 32.2. The fraction of sp³-hybridized carbons (Fsp3) is 0.786. The minimum absolute atomic E-state index is 0.103. The van der Waals surface area contributed by atoms with Crippen LogP contribution in [0.4, 0.5) is 0 Å². The number of nitrogens with zero attached hydrogens (tertiary/aromatic N) is 1. The third-order valence-corrected chi connectivity index (χ3v) is 4.06. The monoisotopic (exact) mass is 301 g/mol. The van der Waals surface area contributed by atoms with Gasteiger partial charge < -0.3 is 19.1 Å². The van der Waals surface area contributed by atoms with Crippen molar-refractivity contribution < 1.29 is 19.0 Å². The molecule has 0 spiro atoms. The van der Waals surface area contributed by atoms with Crippen molar-refractivity contribution in [1.29, 1.82) is 0 Å². The molecule has 2 heterocycles. The summed E-state index contributed by atoms with van der Waals surface area (Å²) < 4.78 is 15.8. The molecule has 0 saturated carbocycles. The molecule has 0 aromatic heterocycles. The smallest absolute Gasteiger partial charge is 0.305 e. The van der Waals surface area contributed by atoms with Crippen LogP contribution in [0.1, 0.15) is 32.6 Å². The molecule has 0 aliphatic carbocycles. The Morgan fingerprint density at radius 1 is 1.45 bits per heavy atom. The molecule has 6 heteroatoms. The van der Waals surface area contributed by atoms with Crippen LogP contribution in [0.15, 0.2) is 11.6 Å². The summed E-state index contributed by atoms with van der Waals surface area (Å²) >= 11 is 1.82. The summed E-state index contributed by atoms with van der Waals surface area (Å²) in [6, 6.07) is 0. The van der Waals surface area contributed by atoms with E-state index in [1.165, 1.54) is 0 Å². The number of ether oxygens (including phenoxy) is 3. The first-order valence-corrected chi connectivity index (χ1v) is 8.24. The summed E-state index contributed by atoms with van der Waals surface area (Å²) in [5, 5.41) is 2.12.